The number of hydrogen-bond acceptors (Lipinski definition) is 6. The summed E-state index contributed by atoms with van der Waals surface area (Å²) in [5.41, 5.74) is -0.604. The van der Waals surface area contributed by atoms with Crippen LogP contribution in [0.25, 0.3) is 0 Å². The molecule has 120 valence electrons. The van der Waals surface area contributed by atoms with Crippen molar-refractivity contribution in [3.05, 3.63) is 56.5 Å². The summed E-state index contributed by atoms with van der Waals surface area (Å²) >= 11 is 0. The van der Waals surface area contributed by atoms with Crippen LogP contribution >= 0.6 is 0 Å². The number of nitrogens with zero attached hydrogens (tertiary/aromatic N) is 2. The highest BCUT2D eigenvalue weighted by molar-refractivity contribution is 5.91. The number of ether oxygens (including phenoxy) is 1. The van der Waals surface area contributed by atoms with Crippen LogP contribution in [0.1, 0.15) is 15.9 Å². The van der Waals surface area contributed by atoms with Gasteiger partial charge in [0.15, 0.2) is 0 Å². The summed E-state index contributed by atoms with van der Waals surface area (Å²) in [6.45, 7) is 1.25. The Morgan fingerprint density at radius 3 is 2.70 bits per heavy atom. The number of aromatic nitrogens is 3. The number of pyridine rings is 1. The monoisotopic (exact) mass is 318 g/mol. The summed E-state index contributed by atoms with van der Waals surface area (Å²) in [5, 5.41) is 2.48. The summed E-state index contributed by atoms with van der Waals surface area (Å²) in [6, 6.07) is 2.88. The Hall–Kier alpha value is -3.23. The third-order valence-corrected chi connectivity index (χ3v) is 2.95. The molecule has 23 heavy (non-hydrogen) atoms. The first-order chi connectivity index (χ1) is 10.9. The molecule has 0 spiro atoms. The molecule has 0 unspecified atom stereocenters. The average molecular weight is 318 g/mol. The van der Waals surface area contributed by atoms with Gasteiger partial charge in [0.05, 0.1) is 12.7 Å². The van der Waals surface area contributed by atoms with E-state index >= 15 is 0 Å². The topological polar surface area (TPSA) is 123 Å². The quantitative estimate of drug-likeness (QED) is 0.744. The van der Waals surface area contributed by atoms with Gasteiger partial charge in [-0.2, -0.15) is 0 Å². The van der Waals surface area contributed by atoms with Crippen LogP contribution < -0.4 is 16.6 Å². The lowest BCUT2D eigenvalue weighted by Gasteiger charge is -2.07. The molecular weight excluding hydrogens is 304 g/mol. The van der Waals surface area contributed by atoms with Gasteiger partial charge < -0.3 is 10.1 Å². The number of hydrogen-bond donors (Lipinski definition) is 2. The second-order valence-corrected chi connectivity index (χ2v) is 4.67. The lowest BCUT2D eigenvalue weighted by atomic mass is 10.3. The van der Waals surface area contributed by atoms with Gasteiger partial charge in [0.1, 0.15) is 12.4 Å². The molecule has 9 nitrogen and oxygen atoms in total. The first-order valence-corrected chi connectivity index (χ1v) is 6.55. The molecule has 1 amide bonds. The highest BCUT2D eigenvalue weighted by Gasteiger charge is 2.09. The number of H-pyrrole nitrogens is 1. The van der Waals surface area contributed by atoms with Gasteiger partial charge in [-0.05, 0) is 19.1 Å². The van der Waals surface area contributed by atoms with Crippen LogP contribution in [-0.2, 0) is 16.1 Å². The van der Waals surface area contributed by atoms with Crippen molar-refractivity contribution in [2.45, 2.75) is 13.5 Å². The van der Waals surface area contributed by atoms with Crippen molar-refractivity contribution in [1.82, 2.24) is 14.5 Å². The summed E-state index contributed by atoms with van der Waals surface area (Å²) in [5.74, 6) is -0.820. The predicted octanol–water partition coefficient (Wildman–Crippen LogP) is -0.335. The standard InChI is InChI=1S/C14H14N4O5/c1-8-6-18(14(22)17-12(8)20)7-11(19)16-10-4-3-9(5-15-10)13(21)23-2/h3-6H,7H2,1-2H3,(H,15,16,19)(H,17,20,22). The highest BCUT2D eigenvalue weighted by Crippen LogP contribution is 2.06. The van der Waals surface area contributed by atoms with Crippen LogP contribution in [-0.4, -0.2) is 33.5 Å². The molecule has 0 bridgehead atoms. The molecule has 2 aromatic rings. The molecule has 0 aromatic carbocycles. The summed E-state index contributed by atoms with van der Waals surface area (Å²) < 4.78 is 5.62. The molecule has 0 radical (unpaired) electrons. The van der Waals surface area contributed by atoms with Crippen molar-refractivity contribution < 1.29 is 14.3 Å². The number of rotatable bonds is 4. The number of carbonyl (C=O) groups excluding carboxylic acids is 2. The van der Waals surface area contributed by atoms with E-state index in [0.29, 0.717) is 5.56 Å². The number of methoxy groups -OCH3 is 1. The molecule has 0 saturated carbocycles. The van der Waals surface area contributed by atoms with Gasteiger partial charge >= 0.3 is 11.7 Å². The largest absolute Gasteiger partial charge is 0.465 e. The lowest BCUT2D eigenvalue weighted by Crippen LogP contribution is -2.34. The number of nitrogens with one attached hydrogen (secondary N) is 2. The second kappa shape index (κ2) is 6.69. The molecule has 2 heterocycles. The summed E-state index contributed by atoms with van der Waals surface area (Å²) in [4.78, 5) is 52.0. The molecular formula is C14H14N4O5. The van der Waals surface area contributed by atoms with Crippen molar-refractivity contribution in [2.24, 2.45) is 0 Å². The van der Waals surface area contributed by atoms with Crippen LogP contribution in [0, 0.1) is 6.92 Å². The first kappa shape index (κ1) is 16.1. The van der Waals surface area contributed by atoms with Gasteiger partial charge in [-0.1, -0.05) is 0 Å². The van der Waals surface area contributed by atoms with Crippen LogP contribution in [0.15, 0.2) is 34.1 Å². The fourth-order valence-corrected chi connectivity index (χ4v) is 1.78. The maximum Gasteiger partial charge on any atom is 0.339 e. The Morgan fingerprint density at radius 2 is 2.09 bits per heavy atom. The molecule has 0 atom stereocenters. The first-order valence-electron chi connectivity index (χ1n) is 6.55. The summed E-state index contributed by atoms with van der Waals surface area (Å²) in [6.07, 6.45) is 2.56. The van der Waals surface area contributed by atoms with Gasteiger partial charge in [0.25, 0.3) is 5.56 Å². The molecule has 0 aliphatic heterocycles. The predicted molar refractivity (Wildman–Crippen MR) is 80.3 cm³/mol. The molecule has 2 aromatic heterocycles. The third-order valence-electron chi connectivity index (χ3n) is 2.95. The third kappa shape index (κ3) is 3.90. The molecule has 0 fully saturated rings. The van der Waals surface area contributed by atoms with Gasteiger partial charge in [-0.15, -0.1) is 0 Å². The molecule has 0 saturated heterocycles. The van der Waals surface area contributed by atoms with E-state index in [9.17, 15) is 19.2 Å². The van der Waals surface area contributed by atoms with Gasteiger partial charge in [0, 0.05) is 18.0 Å². The number of esters is 1. The van der Waals surface area contributed by atoms with Crippen molar-refractivity contribution in [1.29, 1.82) is 0 Å². The maximum atomic E-state index is 11.9. The molecule has 0 aliphatic carbocycles. The van der Waals surface area contributed by atoms with E-state index in [0.717, 1.165) is 4.57 Å². The fraction of sp³-hybridized carbons (Fsp3) is 0.214. The van der Waals surface area contributed by atoms with Crippen molar-refractivity contribution in [2.75, 3.05) is 12.4 Å². The minimum atomic E-state index is -0.676. The Bertz CT molecular complexity index is 851. The van der Waals surface area contributed by atoms with Crippen LogP contribution in [0.5, 0.6) is 0 Å². The number of amides is 1. The SMILES string of the molecule is COC(=O)c1ccc(NC(=O)Cn2cc(C)c(=O)[nH]c2=O)nc1. The van der Waals surface area contributed by atoms with E-state index in [1.165, 1.54) is 38.6 Å². The smallest absolute Gasteiger partial charge is 0.339 e. The Morgan fingerprint density at radius 1 is 1.35 bits per heavy atom. The number of carbonyl (C=O) groups is 2. The maximum absolute atomic E-state index is 11.9. The van der Waals surface area contributed by atoms with E-state index in [4.69, 9.17) is 0 Å². The van der Waals surface area contributed by atoms with E-state index in [2.05, 4.69) is 20.0 Å². The van der Waals surface area contributed by atoms with Crippen molar-refractivity contribution >= 4 is 17.7 Å². The minimum Gasteiger partial charge on any atom is -0.465 e. The Balaban J connectivity index is 2.08. The Kier molecular flexibility index (Phi) is 4.69. The Labute approximate surface area is 129 Å². The van der Waals surface area contributed by atoms with Crippen molar-refractivity contribution in [3.8, 4) is 0 Å². The lowest BCUT2D eigenvalue weighted by molar-refractivity contribution is -0.116. The van der Waals surface area contributed by atoms with Gasteiger partial charge in [0.2, 0.25) is 5.91 Å². The molecule has 2 rings (SSSR count). The number of aryl methyl sites for hydroxylation is 1. The average Bonchev–Trinajstić information content (AvgIpc) is 2.52. The highest BCUT2D eigenvalue weighted by atomic mass is 16.5. The number of aromatic amines is 1. The van der Waals surface area contributed by atoms with Crippen molar-refractivity contribution in [3.63, 3.8) is 0 Å². The van der Waals surface area contributed by atoms with E-state index in [1.54, 1.807) is 0 Å². The fourth-order valence-electron chi connectivity index (χ4n) is 1.78. The number of anilines is 1. The normalized spacial score (nSPS) is 10.2. The summed E-state index contributed by atoms with van der Waals surface area (Å²) in [7, 11) is 1.25. The molecule has 2 N–H and O–H groups in total. The second-order valence-electron chi connectivity index (χ2n) is 4.67. The van der Waals surface area contributed by atoms with Gasteiger partial charge in [-0.3, -0.25) is 19.1 Å². The van der Waals surface area contributed by atoms with Crippen LogP contribution in [0.2, 0.25) is 0 Å². The van der Waals surface area contributed by atoms with E-state index in [1.807, 2.05) is 0 Å². The zero-order valence-electron chi connectivity index (χ0n) is 12.5. The van der Waals surface area contributed by atoms with E-state index in [-0.39, 0.29) is 17.9 Å². The van der Waals surface area contributed by atoms with Gasteiger partial charge in [-0.25, -0.2) is 14.6 Å². The zero-order valence-corrected chi connectivity index (χ0v) is 12.5. The van der Waals surface area contributed by atoms with Crippen LogP contribution in [0.3, 0.4) is 0 Å². The van der Waals surface area contributed by atoms with Crippen LogP contribution in [0.4, 0.5) is 5.82 Å². The minimum absolute atomic E-state index is 0.219. The van der Waals surface area contributed by atoms with E-state index < -0.39 is 23.1 Å². The molecule has 0 aliphatic rings. The molecule has 9 heteroatoms. The zero-order chi connectivity index (χ0) is 17.0.